The minimum Gasteiger partial charge on any atom is -0.468 e. The van der Waals surface area contributed by atoms with Gasteiger partial charge in [-0.15, -0.1) is 5.10 Å². The van der Waals surface area contributed by atoms with E-state index in [4.69, 9.17) is 4.98 Å². The first-order valence-corrected chi connectivity index (χ1v) is 12.2. The Bertz CT molecular complexity index is 1300. The first-order chi connectivity index (χ1) is 16.6. The lowest BCUT2D eigenvalue weighted by molar-refractivity contribution is -0.137. The molecular weight excluding hydrogens is 450 g/mol. The predicted molar refractivity (Wildman–Crippen MR) is 130 cm³/mol. The van der Waals surface area contributed by atoms with E-state index in [-0.39, 0.29) is 11.7 Å². The van der Waals surface area contributed by atoms with Gasteiger partial charge in [-0.25, -0.2) is 15.0 Å². The van der Waals surface area contributed by atoms with Crippen molar-refractivity contribution in [1.82, 2.24) is 29.5 Å². The molecule has 5 rings (SSSR count). The molecule has 0 saturated carbocycles. The van der Waals surface area contributed by atoms with Gasteiger partial charge in [-0.1, -0.05) is 42.1 Å². The SMILES string of the molecule is COC(=O)CSc1nc2ncc(-c3ccnc(N4CCC(c5ccccc5)CC4)n3)c(C)n2n1. The quantitative estimate of drug-likeness (QED) is 0.306. The summed E-state index contributed by atoms with van der Waals surface area (Å²) >= 11 is 1.22. The van der Waals surface area contributed by atoms with Gasteiger partial charge in [0.05, 0.1) is 24.3 Å². The number of hydrogen-bond acceptors (Lipinski definition) is 9. The van der Waals surface area contributed by atoms with Gasteiger partial charge in [0.1, 0.15) is 0 Å². The number of hydrogen-bond donors (Lipinski definition) is 0. The number of esters is 1. The standard InChI is InChI=1S/C24H25N7O2S/c1-16-19(14-26-23-28-24(29-31(16)23)34-15-21(32)33-2)20-8-11-25-22(27-20)30-12-9-18(10-13-30)17-6-4-3-5-7-17/h3-8,11,14,18H,9-10,12-13,15H2,1-2H3. The fourth-order valence-electron chi connectivity index (χ4n) is 4.21. The number of ether oxygens (including phenoxy) is 1. The highest BCUT2D eigenvalue weighted by Crippen LogP contribution is 2.30. The first-order valence-electron chi connectivity index (χ1n) is 11.2. The molecule has 1 aliphatic rings. The van der Waals surface area contributed by atoms with E-state index in [9.17, 15) is 4.79 Å². The van der Waals surface area contributed by atoms with E-state index in [2.05, 4.69) is 60.0 Å². The lowest BCUT2D eigenvalue weighted by Gasteiger charge is -2.32. The van der Waals surface area contributed by atoms with Crippen molar-refractivity contribution in [3.8, 4) is 11.3 Å². The monoisotopic (exact) mass is 475 g/mol. The van der Waals surface area contributed by atoms with Crippen LogP contribution in [0.3, 0.4) is 0 Å². The molecule has 1 fully saturated rings. The second kappa shape index (κ2) is 9.76. The fourth-order valence-corrected chi connectivity index (χ4v) is 4.86. The van der Waals surface area contributed by atoms with Crippen molar-refractivity contribution in [2.75, 3.05) is 30.9 Å². The smallest absolute Gasteiger partial charge is 0.316 e. The molecule has 1 aliphatic heterocycles. The van der Waals surface area contributed by atoms with Crippen LogP contribution in [-0.4, -0.2) is 61.5 Å². The average Bonchev–Trinajstić information content (AvgIpc) is 3.32. The maximum Gasteiger partial charge on any atom is 0.316 e. The number of aromatic nitrogens is 6. The Hall–Kier alpha value is -3.53. The number of methoxy groups -OCH3 is 1. The van der Waals surface area contributed by atoms with Gasteiger partial charge in [0.15, 0.2) is 0 Å². The highest BCUT2D eigenvalue weighted by Gasteiger charge is 2.23. The predicted octanol–water partition coefficient (Wildman–Crippen LogP) is 3.54. The second-order valence-corrected chi connectivity index (χ2v) is 9.08. The molecule has 1 aromatic carbocycles. The zero-order valence-electron chi connectivity index (χ0n) is 19.1. The third-order valence-electron chi connectivity index (χ3n) is 6.10. The number of fused-ring (bicyclic) bond motifs is 1. The first kappa shape index (κ1) is 22.3. The van der Waals surface area contributed by atoms with E-state index in [0.717, 1.165) is 48.8 Å². The van der Waals surface area contributed by atoms with Crippen LogP contribution in [-0.2, 0) is 9.53 Å². The van der Waals surface area contributed by atoms with E-state index < -0.39 is 0 Å². The summed E-state index contributed by atoms with van der Waals surface area (Å²) in [4.78, 5) is 31.9. The number of carbonyl (C=O) groups is 1. The summed E-state index contributed by atoms with van der Waals surface area (Å²) in [6.45, 7) is 3.80. The van der Waals surface area contributed by atoms with E-state index in [1.807, 2.05) is 13.0 Å². The van der Waals surface area contributed by atoms with Gasteiger partial charge < -0.3 is 9.64 Å². The van der Waals surface area contributed by atoms with Crippen LogP contribution in [0.15, 0.2) is 53.9 Å². The Balaban J connectivity index is 1.34. The van der Waals surface area contributed by atoms with E-state index in [1.165, 1.54) is 24.4 Å². The third kappa shape index (κ3) is 4.58. The van der Waals surface area contributed by atoms with Crippen LogP contribution in [0.2, 0.25) is 0 Å². The fraction of sp³-hybridized carbons (Fsp3) is 0.333. The molecule has 0 bridgehead atoms. The highest BCUT2D eigenvalue weighted by molar-refractivity contribution is 7.99. The molecule has 9 nitrogen and oxygen atoms in total. The molecule has 174 valence electrons. The summed E-state index contributed by atoms with van der Waals surface area (Å²) in [7, 11) is 1.36. The number of aryl methyl sites for hydroxylation is 1. The van der Waals surface area contributed by atoms with Gasteiger partial charge >= 0.3 is 5.97 Å². The number of piperidine rings is 1. The normalized spacial score (nSPS) is 14.5. The van der Waals surface area contributed by atoms with Gasteiger partial charge in [-0.3, -0.25) is 4.79 Å². The molecular formula is C24H25N7O2S. The van der Waals surface area contributed by atoms with Gasteiger partial charge in [-0.05, 0) is 37.3 Å². The number of anilines is 1. The Labute approximate surface area is 201 Å². The third-order valence-corrected chi connectivity index (χ3v) is 6.91. The van der Waals surface area contributed by atoms with Crippen molar-refractivity contribution in [2.24, 2.45) is 0 Å². The molecule has 34 heavy (non-hydrogen) atoms. The summed E-state index contributed by atoms with van der Waals surface area (Å²) in [5.41, 5.74) is 3.93. The number of thioether (sulfide) groups is 1. The zero-order chi connectivity index (χ0) is 23.5. The van der Waals surface area contributed by atoms with Crippen LogP contribution in [0.25, 0.3) is 17.0 Å². The maximum absolute atomic E-state index is 11.4. The largest absolute Gasteiger partial charge is 0.468 e. The van der Waals surface area contributed by atoms with Crippen molar-refractivity contribution in [3.63, 3.8) is 0 Å². The lowest BCUT2D eigenvalue weighted by Crippen LogP contribution is -2.34. The minimum atomic E-state index is -0.324. The molecule has 4 heterocycles. The van der Waals surface area contributed by atoms with E-state index in [0.29, 0.717) is 16.9 Å². The molecule has 4 aromatic rings. The molecule has 0 amide bonds. The minimum absolute atomic E-state index is 0.148. The van der Waals surface area contributed by atoms with E-state index in [1.54, 1.807) is 16.9 Å². The average molecular weight is 476 g/mol. The van der Waals surface area contributed by atoms with Crippen LogP contribution < -0.4 is 4.90 Å². The molecule has 0 radical (unpaired) electrons. The Morgan fingerprint density at radius 3 is 2.68 bits per heavy atom. The molecule has 10 heteroatoms. The Morgan fingerprint density at radius 1 is 1.12 bits per heavy atom. The van der Waals surface area contributed by atoms with Crippen molar-refractivity contribution in [3.05, 3.63) is 60.0 Å². The zero-order valence-corrected chi connectivity index (χ0v) is 19.9. The van der Waals surface area contributed by atoms with Crippen LogP contribution in [0.4, 0.5) is 5.95 Å². The number of rotatable bonds is 6. The van der Waals surface area contributed by atoms with Crippen LogP contribution >= 0.6 is 11.8 Å². The van der Waals surface area contributed by atoms with Crippen LogP contribution in [0, 0.1) is 6.92 Å². The molecule has 0 aliphatic carbocycles. The van der Waals surface area contributed by atoms with Crippen molar-refractivity contribution in [2.45, 2.75) is 30.8 Å². The van der Waals surface area contributed by atoms with E-state index >= 15 is 0 Å². The molecule has 0 N–H and O–H groups in total. The molecule has 1 saturated heterocycles. The number of nitrogens with zero attached hydrogens (tertiary/aromatic N) is 7. The maximum atomic E-state index is 11.4. The molecule has 3 aromatic heterocycles. The Kier molecular flexibility index (Phi) is 6.39. The summed E-state index contributed by atoms with van der Waals surface area (Å²) in [5, 5.41) is 4.97. The lowest BCUT2D eigenvalue weighted by atomic mass is 9.90. The van der Waals surface area contributed by atoms with Gasteiger partial charge in [0, 0.05) is 31.0 Å². The summed E-state index contributed by atoms with van der Waals surface area (Å²) in [6.07, 6.45) is 5.72. The number of benzene rings is 1. The molecule has 0 unspecified atom stereocenters. The summed E-state index contributed by atoms with van der Waals surface area (Å²) < 4.78 is 6.36. The molecule has 0 spiro atoms. The topological polar surface area (TPSA) is 98.4 Å². The van der Waals surface area contributed by atoms with Crippen molar-refractivity contribution < 1.29 is 9.53 Å². The van der Waals surface area contributed by atoms with Crippen LogP contribution in [0.5, 0.6) is 0 Å². The van der Waals surface area contributed by atoms with Gasteiger partial charge in [-0.2, -0.15) is 9.50 Å². The Morgan fingerprint density at radius 2 is 1.91 bits per heavy atom. The highest BCUT2D eigenvalue weighted by atomic mass is 32.2. The second-order valence-electron chi connectivity index (χ2n) is 8.14. The van der Waals surface area contributed by atoms with Crippen molar-refractivity contribution >= 4 is 29.5 Å². The van der Waals surface area contributed by atoms with Gasteiger partial charge in [0.2, 0.25) is 11.1 Å². The summed E-state index contributed by atoms with van der Waals surface area (Å²) in [5.74, 6) is 1.61. The molecule has 0 atom stereocenters. The van der Waals surface area contributed by atoms with Crippen molar-refractivity contribution in [1.29, 1.82) is 0 Å². The summed E-state index contributed by atoms with van der Waals surface area (Å²) in [6, 6.07) is 12.6. The van der Waals surface area contributed by atoms with Gasteiger partial charge in [0.25, 0.3) is 5.78 Å². The van der Waals surface area contributed by atoms with Crippen LogP contribution in [0.1, 0.15) is 30.0 Å². The number of carbonyl (C=O) groups excluding carboxylic acids is 1.